The van der Waals surface area contributed by atoms with Gasteiger partial charge >= 0.3 is 0 Å². The average Bonchev–Trinajstić information content (AvgIpc) is 2.39. The van der Waals surface area contributed by atoms with Crippen LogP contribution in [0.15, 0.2) is 36.4 Å². The van der Waals surface area contributed by atoms with Crippen molar-refractivity contribution in [3.63, 3.8) is 0 Å². The smallest absolute Gasteiger partial charge is 0.159 e. The first-order valence-electron chi connectivity index (χ1n) is 6.02. The van der Waals surface area contributed by atoms with Crippen molar-refractivity contribution < 1.29 is 4.74 Å². The maximum absolute atomic E-state index is 5.82. The Labute approximate surface area is 107 Å². The number of ether oxygens (including phenoxy) is 1. The van der Waals surface area contributed by atoms with Gasteiger partial charge < -0.3 is 10.5 Å². The van der Waals surface area contributed by atoms with Crippen LogP contribution >= 0.6 is 0 Å². The van der Waals surface area contributed by atoms with Gasteiger partial charge in [-0.25, -0.2) is 9.97 Å². The van der Waals surface area contributed by atoms with Gasteiger partial charge in [0, 0.05) is 18.2 Å². The molecule has 94 valence electrons. The maximum atomic E-state index is 5.82. The van der Waals surface area contributed by atoms with Gasteiger partial charge in [0.2, 0.25) is 0 Å². The summed E-state index contributed by atoms with van der Waals surface area (Å²) in [6.45, 7) is 4.49. The van der Waals surface area contributed by atoms with Crippen molar-refractivity contribution in [3.05, 3.63) is 42.2 Å². The second-order valence-corrected chi connectivity index (χ2v) is 4.00. The number of hydrogen-bond acceptors (Lipinski definition) is 4. The summed E-state index contributed by atoms with van der Waals surface area (Å²) >= 11 is 0. The Bertz CT molecular complexity index is 514. The fraction of sp³-hybridized carbons (Fsp3) is 0.286. The van der Waals surface area contributed by atoms with Gasteiger partial charge in [0.25, 0.3) is 0 Å². The van der Waals surface area contributed by atoms with Crippen LogP contribution in [0.1, 0.15) is 25.8 Å². The summed E-state index contributed by atoms with van der Waals surface area (Å²) in [4.78, 5) is 8.73. The fourth-order valence-electron chi connectivity index (χ4n) is 1.75. The van der Waals surface area contributed by atoms with Crippen molar-refractivity contribution in [1.82, 2.24) is 9.97 Å². The third kappa shape index (κ3) is 2.84. The SMILES string of the molecule is CCOC(C)c1nc(N)cc(-c2ccccc2)n1. The molecular weight excluding hydrogens is 226 g/mol. The van der Waals surface area contributed by atoms with Crippen molar-refractivity contribution in [1.29, 1.82) is 0 Å². The highest BCUT2D eigenvalue weighted by Gasteiger charge is 2.11. The van der Waals surface area contributed by atoms with Gasteiger partial charge in [-0.3, -0.25) is 0 Å². The third-order valence-corrected chi connectivity index (χ3v) is 2.61. The molecule has 1 atom stereocenters. The Morgan fingerprint density at radius 1 is 1.22 bits per heavy atom. The number of nitrogens with two attached hydrogens (primary N) is 1. The molecule has 1 aromatic carbocycles. The van der Waals surface area contributed by atoms with Gasteiger partial charge in [-0.15, -0.1) is 0 Å². The lowest BCUT2D eigenvalue weighted by Gasteiger charge is -2.12. The van der Waals surface area contributed by atoms with E-state index < -0.39 is 0 Å². The molecular formula is C14H17N3O. The predicted octanol–water partition coefficient (Wildman–Crippen LogP) is 2.82. The Morgan fingerprint density at radius 2 is 1.94 bits per heavy atom. The molecule has 4 heteroatoms. The Balaban J connectivity index is 2.38. The molecule has 2 rings (SSSR count). The van der Waals surface area contributed by atoms with E-state index in [0.717, 1.165) is 11.3 Å². The van der Waals surface area contributed by atoms with Gasteiger partial charge in [-0.2, -0.15) is 0 Å². The summed E-state index contributed by atoms with van der Waals surface area (Å²) in [6, 6.07) is 11.7. The molecule has 0 fully saturated rings. The Kier molecular flexibility index (Phi) is 3.89. The van der Waals surface area contributed by atoms with Crippen LogP contribution < -0.4 is 5.73 Å². The van der Waals surface area contributed by atoms with E-state index in [9.17, 15) is 0 Å². The second kappa shape index (κ2) is 5.60. The molecule has 0 amide bonds. The number of benzene rings is 1. The van der Waals surface area contributed by atoms with Crippen molar-refractivity contribution >= 4 is 5.82 Å². The molecule has 4 nitrogen and oxygen atoms in total. The van der Waals surface area contributed by atoms with Crippen molar-refractivity contribution in [2.75, 3.05) is 12.3 Å². The van der Waals surface area contributed by atoms with Crippen molar-refractivity contribution in [2.24, 2.45) is 0 Å². The highest BCUT2D eigenvalue weighted by atomic mass is 16.5. The highest BCUT2D eigenvalue weighted by Crippen LogP contribution is 2.21. The van der Waals surface area contributed by atoms with E-state index in [1.54, 1.807) is 6.07 Å². The monoisotopic (exact) mass is 243 g/mol. The van der Waals surface area contributed by atoms with Crippen molar-refractivity contribution in [2.45, 2.75) is 20.0 Å². The first kappa shape index (κ1) is 12.5. The highest BCUT2D eigenvalue weighted by molar-refractivity contribution is 5.61. The van der Waals surface area contributed by atoms with Crippen LogP contribution in [0.4, 0.5) is 5.82 Å². The zero-order valence-electron chi connectivity index (χ0n) is 10.6. The lowest BCUT2D eigenvalue weighted by atomic mass is 10.1. The van der Waals surface area contributed by atoms with E-state index in [4.69, 9.17) is 10.5 Å². The second-order valence-electron chi connectivity index (χ2n) is 4.00. The standard InChI is InChI=1S/C14H17N3O/c1-3-18-10(2)14-16-12(9-13(15)17-14)11-7-5-4-6-8-11/h4-10H,3H2,1-2H3,(H2,15,16,17). The fourth-order valence-corrected chi connectivity index (χ4v) is 1.75. The summed E-state index contributed by atoms with van der Waals surface area (Å²) in [6.07, 6.45) is -0.152. The minimum Gasteiger partial charge on any atom is -0.384 e. The average molecular weight is 243 g/mol. The molecule has 0 aliphatic heterocycles. The number of anilines is 1. The van der Waals surface area contributed by atoms with E-state index in [-0.39, 0.29) is 6.10 Å². The van der Waals surface area contributed by atoms with Gasteiger partial charge in [-0.05, 0) is 13.8 Å². The first-order chi connectivity index (χ1) is 8.70. The predicted molar refractivity (Wildman–Crippen MR) is 71.9 cm³/mol. The van der Waals surface area contributed by atoms with Crippen LogP contribution in [0.2, 0.25) is 0 Å². The number of hydrogen-bond donors (Lipinski definition) is 1. The summed E-state index contributed by atoms with van der Waals surface area (Å²) in [5.74, 6) is 1.08. The molecule has 0 spiro atoms. The minimum absolute atomic E-state index is 0.152. The molecule has 0 saturated carbocycles. The zero-order chi connectivity index (χ0) is 13.0. The zero-order valence-corrected chi connectivity index (χ0v) is 10.6. The third-order valence-electron chi connectivity index (χ3n) is 2.61. The van der Waals surface area contributed by atoms with Crippen LogP contribution in [-0.2, 0) is 4.74 Å². The van der Waals surface area contributed by atoms with Gasteiger partial charge in [0.15, 0.2) is 5.82 Å². The summed E-state index contributed by atoms with van der Waals surface area (Å²) in [7, 11) is 0. The lowest BCUT2D eigenvalue weighted by Crippen LogP contribution is -2.07. The van der Waals surface area contributed by atoms with E-state index in [0.29, 0.717) is 18.2 Å². The molecule has 2 N–H and O–H groups in total. The normalized spacial score (nSPS) is 12.3. The number of aromatic nitrogens is 2. The van der Waals surface area contributed by atoms with Crippen LogP contribution in [-0.4, -0.2) is 16.6 Å². The molecule has 2 aromatic rings. The van der Waals surface area contributed by atoms with Crippen LogP contribution in [0, 0.1) is 0 Å². The lowest BCUT2D eigenvalue weighted by molar-refractivity contribution is 0.0702. The number of rotatable bonds is 4. The van der Waals surface area contributed by atoms with Crippen LogP contribution in [0.5, 0.6) is 0 Å². The van der Waals surface area contributed by atoms with E-state index in [2.05, 4.69) is 9.97 Å². The molecule has 0 aliphatic carbocycles. The molecule has 0 saturated heterocycles. The van der Waals surface area contributed by atoms with Crippen molar-refractivity contribution in [3.8, 4) is 11.3 Å². The summed E-state index contributed by atoms with van der Waals surface area (Å²) in [5, 5.41) is 0. The number of nitrogen functional groups attached to an aromatic ring is 1. The first-order valence-corrected chi connectivity index (χ1v) is 6.02. The molecule has 1 heterocycles. The summed E-state index contributed by atoms with van der Waals surface area (Å²) in [5.41, 5.74) is 7.67. The molecule has 1 aromatic heterocycles. The number of nitrogens with zero attached hydrogens (tertiary/aromatic N) is 2. The Hall–Kier alpha value is -1.94. The van der Waals surface area contributed by atoms with Crippen LogP contribution in [0.25, 0.3) is 11.3 Å². The van der Waals surface area contributed by atoms with E-state index in [1.807, 2.05) is 44.2 Å². The minimum atomic E-state index is -0.152. The van der Waals surface area contributed by atoms with Gasteiger partial charge in [-0.1, -0.05) is 30.3 Å². The summed E-state index contributed by atoms with van der Waals surface area (Å²) < 4.78 is 5.49. The molecule has 0 bridgehead atoms. The van der Waals surface area contributed by atoms with Crippen LogP contribution in [0.3, 0.4) is 0 Å². The molecule has 0 radical (unpaired) electrons. The molecule has 1 unspecified atom stereocenters. The topological polar surface area (TPSA) is 61.0 Å². The van der Waals surface area contributed by atoms with Gasteiger partial charge in [0.1, 0.15) is 11.9 Å². The quantitative estimate of drug-likeness (QED) is 0.897. The largest absolute Gasteiger partial charge is 0.384 e. The van der Waals surface area contributed by atoms with E-state index in [1.165, 1.54) is 0 Å². The maximum Gasteiger partial charge on any atom is 0.159 e. The van der Waals surface area contributed by atoms with Gasteiger partial charge in [0.05, 0.1) is 5.69 Å². The van der Waals surface area contributed by atoms with E-state index >= 15 is 0 Å². The molecule has 18 heavy (non-hydrogen) atoms. The molecule has 0 aliphatic rings. The Morgan fingerprint density at radius 3 is 2.61 bits per heavy atom.